The van der Waals surface area contributed by atoms with Crippen molar-refractivity contribution >= 4 is 52.7 Å². The van der Waals surface area contributed by atoms with Crippen LogP contribution in [-0.4, -0.2) is 29.9 Å². The van der Waals surface area contributed by atoms with Gasteiger partial charge in [-0.05, 0) is 31.9 Å². The Morgan fingerprint density at radius 2 is 1.95 bits per heavy atom. The van der Waals surface area contributed by atoms with E-state index < -0.39 is 5.97 Å². The lowest BCUT2D eigenvalue weighted by atomic mass is 10.1. The summed E-state index contributed by atoms with van der Waals surface area (Å²) in [5.41, 5.74) is 0.135. The van der Waals surface area contributed by atoms with Crippen molar-refractivity contribution in [1.82, 2.24) is 0 Å². The number of benzene rings is 1. The molecule has 2 rings (SSSR count). The van der Waals surface area contributed by atoms with E-state index in [4.69, 9.17) is 39.5 Å². The van der Waals surface area contributed by atoms with Crippen molar-refractivity contribution in [3.63, 3.8) is 0 Å². The van der Waals surface area contributed by atoms with E-state index >= 15 is 0 Å². The maximum atomic E-state index is 12.0. The van der Waals surface area contributed by atoms with Gasteiger partial charge in [-0.25, -0.2) is 4.79 Å². The predicted molar refractivity (Wildman–Crippen MR) is 89.2 cm³/mol. The van der Waals surface area contributed by atoms with Gasteiger partial charge in [-0.3, -0.25) is 4.99 Å². The van der Waals surface area contributed by atoms with Crippen LogP contribution in [0.2, 0.25) is 15.1 Å². The number of nitrogens with zero attached hydrogens (tertiary/aromatic N) is 1. The molecule has 1 aromatic rings. The summed E-state index contributed by atoms with van der Waals surface area (Å²) in [4.78, 5) is 16.2. The summed E-state index contributed by atoms with van der Waals surface area (Å²) >= 11 is 17.9. The third-order valence-corrected chi connectivity index (χ3v) is 4.01. The molecule has 4 nitrogen and oxygen atoms in total. The lowest BCUT2D eigenvalue weighted by Crippen LogP contribution is -2.11. The molecule has 0 amide bonds. The number of rotatable bonds is 5. The number of aliphatic hydroxyl groups excluding tert-OH is 1. The van der Waals surface area contributed by atoms with E-state index in [1.54, 1.807) is 6.92 Å². The van der Waals surface area contributed by atoms with E-state index in [0.717, 1.165) is 12.8 Å². The summed E-state index contributed by atoms with van der Waals surface area (Å²) in [5, 5.41) is 11.1. The summed E-state index contributed by atoms with van der Waals surface area (Å²) in [7, 11) is 0. The SMILES string of the molecule is CCOC(=O)/C(C=NC1CC1)=C(\O)c1cc(Cl)c(Cl)cc1Cl. The van der Waals surface area contributed by atoms with E-state index in [0.29, 0.717) is 0 Å². The molecular formula is C15H14Cl3NO3. The fraction of sp³-hybridized carbons (Fsp3) is 0.333. The van der Waals surface area contributed by atoms with Crippen LogP contribution in [0.5, 0.6) is 0 Å². The van der Waals surface area contributed by atoms with Gasteiger partial charge in [-0.1, -0.05) is 34.8 Å². The highest BCUT2D eigenvalue weighted by molar-refractivity contribution is 6.43. The average molecular weight is 363 g/mol. The van der Waals surface area contributed by atoms with Crippen molar-refractivity contribution < 1.29 is 14.6 Å². The van der Waals surface area contributed by atoms with Crippen molar-refractivity contribution in [1.29, 1.82) is 0 Å². The molecule has 0 bridgehead atoms. The summed E-state index contributed by atoms with van der Waals surface area (Å²) in [5.74, 6) is -1.02. The van der Waals surface area contributed by atoms with Crippen molar-refractivity contribution in [3.05, 3.63) is 38.3 Å². The van der Waals surface area contributed by atoms with Crippen molar-refractivity contribution in [3.8, 4) is 0 Å². The molecule has 118 valence electrons. The molecule has 1 fully saturated rings. The number of ether oxygens (including phenoxy) is 1. The van der Waals surface area contributed by atoms with Gasteiger partial charge in [-0.15, -0.1) is 0 Å². The number of carbonyl (C=O) groups excluding carboxylic acids is 1. The largest absolute Gasteiger partial charge is 0.506 e. The van der Waals surface area contributed by atoms with E-state index in [-0.39, 0.29) is 44.6 Å². The van der Waals surface area contributed by atoms with Gasteiger partial charge < -0.3 is 9.84 Å². The normalized spacial score (nSPS) is 15.8. The van der Waals surface area contributed by atoms with Gasteiger partial charge >= 0.3 is 5.97 Å². The lowest BCUT2D eigenvalue weighted by molar-refractivity contribution is -0.137. The number of hydrogen-bond acceptors (Lipinski definition) is 4. The second kappa shape index (κ2) is 7.36. The fourth-order valence-corrected chi connectivity index (χ4v) is 2.31. The number of esters is 1. The molecule has 0 unspecified atom stereocenters. The van der Waals surface area contributed by atoms with Gasteiger partial charge in [0.2, 0.25) is 0 Å². The molecule has 0 radical (unpaired) electrons. The predicted octanol–water partition coefficient (Wildman–Crippen LogP) is 4.71. The highest BCUT2D eigenvalue weighted by Gasteiger charge is 2.23. The fourth-order valence-electron chi connectivity index (χ4n) is 1.67. The first kappa shape index (κ1) is 17.1. The van der Waals surface area contributed by atoms with Crippen LogP contribution in [0.3, 0.4) is 0 Å². The number of aliphatic hydroxyl groups is 1. The van der Waals surface area contributed by atoms with Crippen LogP contribution < -0.4 is 0 Å². The molecular weight excluding hydrogens is 349 g/mol. The third-order valence-electron chi connectivity index (χ3n) is 2.98. The van der Waals surface area contributed by atoms with Gasteiger partial charge in [0.25, 0.3) is 0 Å². The number of aliphatic imine (C=N–C) groups is 1. The second-order valence-electron chi connectivity index (χ2n) is 4.74. The maximum Gasteiger partial charge on any atom is 0.343 e. The van der Waals surface area contributed by atoms with E-state index in [1.165, 1.54) is 18.3 Å². The first-order chi connectivity index (χ1) is 10.4. The van der Waals surface area contributed by atoms with Crippen molar-refractivity contribution in [2.45, 2.75) is 25.8 Å². The Balaban J connectivity index is 2.47. The maximum absolute atomic E-state index is 12.0. The standard InChI is InChI=1S/C15H14Cl3NO3/c1-2-22-15(21)10(7-19-8-3-4-8)14(20)9-5-12(17)13(18)6-11(9)16/h5-8,20H,2-4H2,1H3/b14-10-,19-7?. The molecule has 0 aliphatic heterocycles. The molecule has 7 heteroatoms. The highest BCUT2D eigenvalue weighted by Crippen LogP contribution is 2.33. The molecule has 0 saturated heterocycles. The monoisotopic (exact) mass is 361 g/mol. The first-order valence-corrected chi connectivity index (χ1v) is 7.85. The molecule has 22 heavy (non-hydrogen) atoms. The van der Waals surface area contributed by atoms with Crippen LogP contribution in [-0.2, 0) is 9.53 Å². The molecule has 1 N–H and O–H groups in total. The Bertz CT molecular complexity index is 652. The van der Waals surface area contributed by atoms with Gasteiger partial charge in [0.1, 0.15) is 11.3 Å². The first-order valence-electron chi connectivity index (χ1n) is 6.72. The minimum absolute atomic E-state index is 0.0611. The molecule has 0 aromatic heterocycles. The molecule has 1 aromatic carbocycles. The summed E-state index contributed by atoms with van der Waals surface area (Å²) in [6, 6.07) is 2.99. The van der Waals surface area contributed by atoms with Crippen LogP contribution in [0.25, 0.3) is 5.76 Å². The Morgan fingerprint density at radius 3 is 2.55 bits per heavy atom. The molecule has 0 spiro atoms. The van der Waals surface area contributed by atoms with Gasteiger partial charge in [0, 0.05) is 11.8 Å². The van der Waals surface area contributed by atoms with Crippen LogP contribution in [0.15, 0.2) is 22.7 Å². The summed E-state index contributed by atoms with van der Waals surface area (Å²) < 4.78 is 4.94. The zero-order valence-electron chi connectivity index (χ0n) is 11.8. The second-order valence-corrected chi connectivity index (χ2v) is 5.96. The minimum Gasteiger partial charge on any atom is -0.506 e. The van der Waals surface area contributed by atoms with Crippen LogP contribution in [0, 0.1) is 0 Å². The Labute approximate surface area is 143 Å². The summed E-state index contributed by atoms with van der Waals surface area (Å²) in [6.07, 6.45) is 3.27. The minimum atomic E-state index is -0.675. The average Bonchev–Trinajstić information content (AvgIpc) is 3.27. The Hall–Kier alpha value is -1.23. The van der Waals surface area contributed by atoms with Crippen molar-refractivity contribution in [2.24, 2.45) is 4.99 Å². The van der Waals surface area contributed by atoms with Crippen LogP contribution in [0.1, 0.15) is 25.3 Å². The molecule has 1 aliphatic rings. The summed E-state index contributed by atoms with van der Waals surface area (Å²) in [6.45, 7) is 1.86. The topological polar surface area (TPSA) is 58.9 Å². The number of carbonyl (C=O) groups is 1. The number of halogens is 3. The quantitative estimate of drug-likeness (QED) is 0.271. The van der Waals surface area contributed by atoms with Gasteiger partial charge in [0.15, 0.2) is 0 Å². The zero-order valence-corrected chi connectivity index (χ0v) is 14.0. The Morgan fingerprint density at radius 1 is 1.32 bits per heavy atom. The number of hydrogen-bond donors (Lipinski definition) is 1. The van der Waals surface area contributed by atoms with Crippen LogP contribution >= 0.6 is 34.8 Å². The van der Waals surface area contributed by atoms with Gasteiger partial charge in [0.05, 0.1) is 27.7 Å². The van der Waals surface area contributed by atoms with E-state index in [2.05, 4.69) is 4.99 Å². The Kier molecular flexibility index (Phi) is 5.73. The third kappa shape index (κ3) is 4.15. The van der Waals surface area contributed by atoms with Gasteiger partial charge in [-0.2, -0.15) is 0 Å². The molecule has 0 heterocycles. The highest BCUT2D eigenvalue weighted by atomic mass is 35.5. The molecule has 1 aliphatic carbocycles. The molecule has 0 atom stereocenters. The van der Waals surface area contributed by atoms with E-state index in [1.807, 2.05) is 0 Å². The zero-order chi connectivity index (χ0) is 16.3. The van der Waals surface area contributed by atoms with E-state index in [9.17, 15) is 9.90 Å². The van der Waals surface area contributed by atoms with Crippen molar-refractivity contribution in [2.75, 3.05) is 6.61 Å². The smallest absolute Gasteiger partial charge is 0.343 e. The lowest BCUT2D eigenvalue weighted by Gasteiger charge is -2.09. The van der Waals surface area contributed by atoms with Crippen LogP contribution in [0.4, 0.5) is 0 Å². The molecule has 1 saturated carbocycles.